The van der Waals surface area contributed by atoms with Crippen molar-refractivity contribution in [3.8, 4) is 0 Å². The molecule has 0 saturated carbocycles. The molecular weight excluding hydrogens is 222 g/mol. The highest BCUT2D eigenvalue weighted by molar-refractivity contribution is 5.92. The number of carbonyl (C=O) groups is 1. The summed E-state index contributed by atoms with van der Waals surface area (Å²) in [6.07, 6.45) is 1.68. The van der Waals surface area contributed by atoms with Crippen molar-refractivity contribution in [3.05, 3.63) is 71.3 Å². The van der Waals surface area contributed by atoms with Crippen molar-refractivity contribution in [2.24, 2.45) is 5.73 Å². The summed E-state index contributed by atoms with van der Waals surface area (Å²) in [4.78, 5) is 12.1. The zero-order chi connectivity index (χ0) is 12.6. The van der Waals surface area contributed by atoms with Gasteiger partial charge in [-0.05, 0) is 29.5 Å². The number of carbonyl (C=O) groups excluding carboxylic acids is 1. The molecule has 2 N–H and O–H groups in total. The average Bonchev–Trinajstić information content (AvgIpc) is 2.80. The normalized spacial score (nSPS) is 21.6. The van der Waals surface area contributed by atoms with Gasteiger partial charge in [0.2, 0.25) is 5.91 Å². The van der Waals surface area contributed by atoms with Gasteiger partial charge in [0.15, 0.2) is 0 Å². The molecule has 0 spiro atoms. The van der Waals surface area contributed by atoms with Crippen LogP contribution in [0.2, 0.25) is 0 Å². The summed E-state index contributed by atoms with van der Waals surface area (Å²) in [6.45, 7) is 0. The lowest BCUT2D eigenvalue weighted by molar-refractivity contribution is -0.122. The first kappa shape index (κ1) is 11.0. The lowest BCUT2D eigenvalue weighted by Crippen LogP contribution is -2.40. The van der Waals surface area contributed by atoms with Gasteiger partial charge in [0, 0.05) is 1.43 Å². The number of primary amides is 1. The molecule has 1 atom stereocenters. The molecule has 0 fully saturated rings. The van der Waals surface area contributed by atoms with Gasteiger partial charge in [-0.1, -0.05) is 54.6 Å². The van der Waals surface area contributed by atoms with Crippen LogP contribution in [-0.4, -0.2) is 5.91 Å². The summed E-state index contributed by atoms with van der Waals surface area (Å²) in [6, 6.07) is 18.0. The van der Waals surface area contributed by atoms with Gasteiger partial charge in [0.1, 0.15) is 0 Å². The summed E-state index contributed by atoms with van der Waals surface area (Å²) >= 11 is 0. The highest BCUT2D eigenvalue weighted by atomic mass is 16.1. The van der Waals surface area contributed by atoms with Crippen LogP contribution < -0.4 is 5.73 Å². The predicted molar refractivity (Wildman–Crippen MR) is 73.3 cm³/mol. The fraction of sp³-hybridized carbons (Fsp3) is 0.188. The van der Waals surface area contributed by atoms with Gasteiger partial charge < -0.3 is 5.73 Å². The Morgan fingerprint density at radius 3 is 2.44 bits per heavy atom. The number of aryl methyl sites for hydroxylation is 1. The minimum Gasteiger partial charge on any atom is -0.369 e. The van der Waals surface area contributed by atoms with Crippen molar-refractivity contribution >= 4 is 5.91 Å². The Bertz CT molecular complexity index is 597. The monoisotopic (exact) mass is 239 g/mol. The maximum Gasteiger partial charge on any atom is 0.232 e. The van der Waals surface area contributed by atoms with Crippen molar-refractivity contribution in [3.63, 3.8) is 0 Å². The second-order valence-electron chi connectivity index (χ2n) is 4.79. The zero-order valence-corrected chi connectivity index (χ0v) is 10.1. The third-order valence-corrected chi connectivity index (χ3v) is 3.93. The molecule has 0 unspecified atom stereocenters. The average molecular weight is 239 g/mol. The molecule has 1 aliphatic carbocycles. The fourth-order valence-electron chi connectivity index (χ4n) is 3.03. The van der Waals surface area contributed by atoms with E-state index in [-0.39, 0.29) is 7.33 Å². The van der Waals surface area contributed by atoms with Crippen LogP contribution in [0.15, 0.2) is 54.6 Å². The van der Waals surface area contributed by atoms with Crippen LogP contribution in [0.4, 0.5) is 0 Å². The quantitative estimate of drug-likeness (QED) is 0.860. The van der Waals surface area contributed by atoms with Gasteiger partial charge in [-0.3, -0.25) is 4.79 Å². The summed E-state index contributed by atoms with van der Waals surface area (Å²) in [5, 5.41) is 0. The maximum absolute atomic E-state index is 12.1. The molecule has 2 aromatic rings. The van der Waals surface area contributed by atoms with E-state index in [4.69, 9.17) is 5.73 Å². The van der Waals surface area contributed by atoms with E-state index in [0.717, 1.165) is 24.0 Å². The Labute approximate surface area is 108 Å². The van der Waals surface area contributed by atoms with Crippen LogP contribution in [0.5, 0.6) is 0 Å². The second kappa shape index (κ2) is 3.98. The highest BCUT2D eigenvalue weighted by Gasteiger charge is 2.45. The maximum atomic E-state index is 12.1. The standard InChI is InChI=1S/C16H15NO.H2/c17-15(18)16(13-7-2-1-3-8-13)11-10-12-6-4-5-9-14(12)16;/h1-9H,10-11H2,(H2,17,18);1H/t16-;/m1./s1. The minimum atomic E-state index is -0.641. The molecule has 0 radical (unpaired) electrons. The molecule has 2 aromatic carbocycles. The van der Waals surface area contributed by atoms with Gasteiger partial charge in [-0.2, -0.15) is 0 Å². The predicted octanol–water partition coefficient (Wildman–Crippen LogP) is 2.65. The number of nitrogens with two attached hydrogens (primary N) is 1. The number of fused-ring (bicyclic) bond motifs is 1. The molecule has 18 heavy (non-hydrogen) atoms. The van der Waals surface area contributed by atoms with Crippen molar-refractivity contribution in [1.82, 2.24) is 0 Å². The van der Waals surface area contributed by atoms with Crippen molar-refractivity contribution in [2.45, 2.75) is 18.3 Å². The third-order valence-electron chi connectivity index (χ3n) is 3.93. The smallest absolute Gasteiger partial charge is 0.232 e. The lowest BCUT2D eigenvalue weighted by atomic mass is 9.75. The number of amides is 1. The first-order valence-corrected chi connectivity index (χ1v) is 6.19. The first-order chi connectivity index (χ1) is 8.75. The van der Waals surface area contributed by atoms with E-state index in [1.165, 1.54) is 5.56 Å². The molecule has 0 bridgehead atoms. The Hall–Kier alpha value is -2.09. The van der Waals surface area contributed by atoms with Gasteiger partial charge in [0.05, 0.1) is 5.41 Å². The zero-order valence-electron chi connectivity index (χ0n) is 10.1. The number of rotatable bonds is 2. The molecule has 3 rings (SSSR count). The molecule has 2 heteroatoms. The van der Waals surface area contributed by atoms with E-state index in [1.54, 1.807) is 0 Å². The van der Waals surface area contributed by atoms with E-state index in [9.17, 15) is 4.79 Å². The number of benzene rings is 2. The Balaban J connectivity index is 0.00000133. The highest BCUT2D eigenvalue weighted by Crippen LogP contribution is 2.43. The minimum absolute atomic E-state index is 0. The van der Waals surface area contributed by atoms with Crippen molar-refractivity contribution in [2.75, 3.05) is 0 Å². The van der Waals surface area contributed by atoms with E-state index in [0.29, 0.717) is 0 Å². The summed E-state index contributed by atoms with van der Waals surface area (Å²) in [5.74, 6) is -0.251. The summed E-state index contributed by atoms with van der Waals surface area (Å²) in [5.41, 5.74) is 8.41. The number of hydrogen-bond donors (Lipinski definition) is 1. The van der Waals surface area contributed by atoms with Crippen LogP contribution in [0, 0.1) is 0 Å². The molecule has 0 aliphatic heterocycles. The summed E-state index contributed by atoms with van der Waals surface area (Å²) in [7, 11) is 0. The van der Waals surface area contributed by atoms with Crippen LogP contribution in [0.25, 0.3) is 0 Å². The largest absolute Gasteiger partial charge is 0.369 e. The molecule has 92 valence electrons. The number of hydrogen-bond acceptors (Lipinski definition) is 1. The van der Waals surface area contributed by atoms with Crippen molar-refractivity contribution < 1.29 is 6.22 Å². The van der Waals surface area contributed by atoms with Crippen LogP contribution in [0.3, 0.4) is 0 Å². The first-order valence-electron chi connectivity index (χ1n) is 6.19. The van der Waals surface area contributed by atoms with Crippen LogP contribution in [0.1, 0.15) is 24.5 Å². The molecule has 1 amide bonds. The van der Waals surface area contributed by atoms with E-state index in [2.05, 4.69) is 6.07 Å². The molecule has 0 aromatic heterocycles. The summed E-state index contributed by atoms with van der Waals surface area (Å²) < 4.78 is 0. The van der Waals surface area contributed by atoms with E-state index < -0.39 is 5.41 Å². The topological polar surface area (TPSA) is 43.1 Å². The lowest BCUT2D eigenvalue weighted by Gasteiger charge is -2.27. The Kier molecular flexibility index (Phi) is 2.44. The molecular formula is C16H17NO. The second-order valence-corrected chi connectivity index (χ2v) is 4.79. The molecule has 1 aliphatic rings. The molecule has 0 heterocycles. The van der Waals surface area contributed by atoms with Gasteiger partial charge in [-0.25, -0.2) is 0 Å². The Morgan fingerprint density at radius 2 is 1.72 bits per heavy atom. The van der Waals surface area contributed by atoms with Gasteiger partial charge in [-0.15, -0.1) is 0 Å². The fourth-order valence-corrected chi connectivity index (χ4v) is 3.03. The molecule has 0 saturated heterocycles. The van der Waals surface area contributed by atoms with Gasteiger partial charge in [0.25, 0.3) is 0 Å². The van der Waals surface area contributed by atoms with Crippen molar-refractivity contribution in [1.29, 1.82) is 0 Å². The third kappa shape index (κ3) is 1.39. The molecule has 2 nitrogen and oxygen atoms in total. The Morgan fingerprint density at radius 1 is 1.06 bits per heavy atom. The van der Waals surface area contributed by atoms with Crippen LogP contribution >= 0.6 is 0 Å². The van der Waals surface area contributed by atoms with Crippen LogP contribution in [-0.2, 0) is 16.6 Å². The SMILES string of the molecule is NC(=O)[C@@]1(c2ccccc2)CCc2ccccc21.[HH]. The van der Waals surface area contributed by atoms with E-state index in [1.807, 2.05) is 48.5 Å². The van der Waals surface area contributed by atoms with E-state index >= 15 is 0 Å². The van der Waals surface area contributed by atoms with Gasteiger partial charge >= 0.3 is 0 Å².